The van der Waals surface area contributed by atoms with E-state index in [2.05, 4.69) is 0 Å². The van der Waals surface area contributed by atoms with Crippen molar-refractivity contribution >= 4 is 32.2 Å². The molecular weight excluding hydrogens is 650 g/mol. The SMILES string of the molecule is O.O.O.O.O=C(O)c1cc(S(=O)(=O)[O-])ccc1O.O=C(O)c1cc(S(=O)(=O)[O-])ccc1O.[OH3+].[OH3+].[OH3+].[OH3+].[OH3+].[OH3+].[Zn+2]. The van der Waals surface area contributed by atoms with E-state index in [0.717, 1.165) is 24.3 Å². The number of hydrogen-bond donors (Lipinski definition) is 4. The van der Waals surface area contributed by atoms with Crippen LogP contribution in [0, 0.1) is 0 Å². The first kappa shape index (κ1) is 70.6. The van der Waals surface area contributed by atoms with Gasteiger partial charge in [-0.1, -0.05) is 0 Å². The normalized spacial score (nSPS) is 8.05. The average Bonchev–Trinajstić information content (AvgIpc) is 2.53. The minimum Gasteiger partial charge on any atom is -0.744 e. The Kier molecular flexibility index (Phi) is 48.2. The Labute approximate surface area is 231 Å². The van der Waals surface area contributed by atoms with Crippen LogP contribution in [0.5, 0.6) is 11.5 Å². The summed E-state index contributed by atoms with van der Waals surface area (Å²) >= 11 is 0. The molecule has 0 saturated carbocycles. The molecular formula is C14H36O22S2Zn+6. The second-order valence-electron chi connectivity index (χ2n) is 4.88. The summed E-state index contributed by atoms with van der Waals surface area (Å²) in [6, 6.07) is 4.58. The van der Waals surface area contributed by atoms with Gasteiger partial charge in [0.15, 0.2) is 0 Å². The number of carbonyl (C=O) groups is 2. The van der Waals surface area contributed by atoms with E-state index in [1.54, 1.807) is 0 Å². The molecule has 0 bridgehead atoms. The summed E-state index contributed by atoms with van der Waals surface area (Å²) in [5.41, 5.74) is -1.25. The Morgan fingerprint density at radius 2 is 0.769 bits per heavy atom. The van der Waals surface area contributed by atoms with Crippen LogP contribution in [0.25, 0.3) is 0 Å². The van der Waals surface area contributed by atoms with Gasteiger partial charge in [-0.2, -0.15) is 0 Å². The molecule has 39 heavy (non-hydrogen) atoms. The Hall–Kier alpha value is -2.98. The van der Waals surface area contributed by atoms with Crippen LogP contribution in [0.4, 0.5) is 0 Å². The summed E-state index contributed by atoms with van der Waals surface area (Å²) in [4.78, 5) is 19.5. The van der Waals surface area contributed by atoms with Gasteiger partial charge >= 0.3 is 31.4 Å². The van der Waals surface area contributed by atoms with Crippen molar-refractivity contribution in [3.63, 3.8) is 0 Å². The van der Waals surface area contributed by atoms with Gasteiger partial charge in [-0.3, -0.25) is 0 Å². The predicted octanol–water partition coefficient (Wildman–Crippen LogP) is -8.84. The molecule has 0 unspecified atom stereocenters. The molecule has 0 amide bonds. The van der Waals surface area contributed by atoms with E-state index in [-0.39, 0.29) is 74.2 Å². The third-order valence-corrected chi connectivity index (χ3v) is 4.64. The maximum Gasteiger partial charge on any atom is 2.00 e. The number of rotatable bonds is 4. The molecule has 2 aromatic carbocycles. The molecule has 0 radical (unpaired) electrons. The van der Waals surface area contributed by atoms with Crippen LogP contribution in [0.3, 0.4) is 0 Å². The fraction of sp³-hybridized carbons (Fsp3) is 0. The van der Waals surface area contributed by atoms with E-state index in [1.165, 1.54) is 0 Å². The molecule has 0 aromatic heterocycles. The standard InChI is InChI=1S/2C7H6O6S.10H2O.Zn/c2*8-6-2-1-4(14(11,12)13)3-5(6)7(9)10;;;;;;;;;;;/h2*1-3,8H,(H,9,10)(H,11,12,13);10*1H2;/q;;;;;;;;;;;;+2/p+4. The Bertz CT molecular complexity index is 1060. The number of carboxylic acid groups (broad SMARTS) is 2. The van der Waals surface area contributed by atoms with Crippen molar-refractivity contribution in [3.05, 3.63) is 47.5 Å². The van der Waals surface area contributed by atoms with Gasteiger partial charge in [0, 0.05) is 0 Å². The van der Waals surface area contributed by atoms with Crippen LogP contribution in [-0.2, 0) is 72.6 Å². The van der Waals surface area contributed by atoms with Crippen molar-refractivity contribution in [3.8, 4) is 11.5 Å². The third kappa shape index (κ3) is 20.6. The zero-order valence-corrected chi connectivity index (χ0v) is 24.1. The first-order chi connectivity index (χ1) is 12.6. The Balaban J connectivity index is -0.0000000348. The maximum atomic E-state index is 10.5. The van der Waals surface area contributed by atoms with E-state index in [4.69, 9.17) is 20.4 Å². The van der Waals surface area contributed by atoms with Gasteiger partial charge < -0.3 is 84.3 Å². The summed E-state index contributed by atoms with van der Waals surface area (Å²) in [7, 11) is -9.40. The maximum absolute atomic E-state index is 10.5. The fourth-order valence-corrected chi connectivity index (χ4v) is 2.68. The molecule has 0 atom stereocenters. The molecule has 0 aliphatic heterocycles. The molecule has 0 fully saturated rings. The van der Waals surface area contributed by atoms with E-state index in [0.29, 0.717) is 12.1 Å². The number of phenols is 2. The van der Waals surface area contributed by atoms with Gasteiger partial charge in [0.1, 0.15) is 42.9 Å². The van der Waals surface area contributed by atoms with Crippen LogP contribution >= 0.6 is 0 Å². The smallest absolute Gasteiger partial charge is 0.744 e. The summed E-state index contributed by atoms with van der Waals surface area (Å²) in [6.45, 7) is 0. The van der Waals surface area contributed by atoms with E-state index in [1.807, 2.05) is 0 Å². The molecule has 0 aliphatic rings. The van der Waals surface area contributed by atoms with Crippen molar-refractivity contribution in [1.82, 2.24) is 0 Å². The van der Waals surface area contributed by atoms with Crippen LogP contribution in [0.2, 0.25) is 0 Å². The van der Waals surface area contributed by atoms with Gasteiger partial charge in [0.25, 0.3) is 0 Å². The van der Waals surface area contributed by atoms with Gasteiger partial charge in [-0.05, 0) is 36.4 Å². The molecule has 0 heterocycles. The molecule has 0 saturated heterocycles. The predicted molar refractivity (Wildman–Crippen MR) is 130 cm³/mol. The Morgan fingerprint density at radius 1 is 0.564 bits per heavy atom. The van der Waals surface area contributed by atoms with Crippen molar-refractivity contribution in [2.24, 2.45) is 0 Å². The number of aromatic hydroxyl groups is 2. The van der Waals surface area contributed by atoms with Crippen LogP contribution in [0.15, 0.2) is 46.2 Å². The minimum absolute atomic E-state index is 0. The van der Waals surface area contributed by atoms with Crippen LogP contribution in [0.1, 0.15) is 20.7 Å². The summed E-state index contributed by atoms with van der Waals surface area (Å²) < 4.78 is 62.9. The number of aromatic carboxylic acids is 2. The minimum atomic E-state index is -4.70. The second kappa shape index (κ2) is 26.6. The Morgan fingerprint density at radius 3 is 0.923 bits per heavy atom. The van der Waals surface area contributed by atoms with Crippen LogP contribution in [-0.4, -0.2) is 80.2 Å². The number of benzene rings is 2. The van der Waals surface area contributed by atoms with E-state index >= 15 is 0 Å². The molecule has 22 nitrogen and oxygen atoms in total. The summed E-state index contributed by atoms with van der Waals surface area (Å²) in [6.07, 6.45) is 0. The fourth-order valence-electron chi connectivity index (χ4n) is 1.68. The molecule has 232 valence electrons. The average molecular weight is 686 g/mol. The first-order valence-electron chi connectivity index (χ1n) is 6.69. The zero-order valence-electron chi connectivity index (χ0n) is 19.5. The molecule has 2 aromatic rings. The van der Waals surface area contributed by atoms with Crippen molar-refractivity contribution in [2.45, 2.75) is 9.79 Å². The van der Waals surface area contributed by atoms with Crippen LogP contribution < -0.4 is 0 Å². The molecule has 0 aliphatic carbocycles. The third-order valence-electron chi connectivity index (χ3n) is 2.97. The monoisotopic (exact) mass is 684 g/mol. The quantitative estimate of drug-likeness (QED) is 0.132. The van der Waals surface area contributed by atoms with Crippen molar-refractivity contribution < 1.29 is 130 Å². The van der Waals surface area contributed by atoms with Gasteiger partial charge in [-0.15, -0.1) is 0 Å². The zero-order chi connectivity index (χ0) is 21.9. The molecule has 30 N–H and O–H groups in total. The van der Waals surface area contributed by atoms with Crippen molar-refractivity contribution in [1.29, 1.82) is 0 Å². The van der Waals surface area contributed by atoms with E-state index < -0.39 is 64.6 Å². The number of carboxylic acids is 2. The molecule has 2 rings (SSSR count). The summed E-state index contributed by atoms with van der Waals surface area (Å²) in [5, 5.41) is 35.0. The first-order valence-corrected chi connectivity index (χ1v) is 9.50. The van der Waals surface area contributed by atoms with Gasteiger partial charge in [0.05, 0.1) is 9.79 Å². The van der Waals surface area contributed by atoms with Gasteiger partial charge in [-0.25, -0.2) is 26.4 Å². The topological polar surface area (TPSA) is 553 Å². The number of hydrogen-bond acceptors (Lipinski definition) is 10. The van der Waals surface area contributed by atoms with Crippen molar-refractivity contribution in [2.75, 3.05) is 0 Å². The molecule has 25 heteroatoms. The van der Waals surface area contributed by atoms with Gasteiger partial charge in [0.2, 0.25) is 0 Å². The summed E-state index contributed by atoms with van der Waals surface area (Å²) in [5.74, 6) is -4.20. The largest absolute Gasteiger partial charge is 2.00 e. The van der Waals surface area contributed by atoms with E-state index in [9.17, 15) is 35.5 Å². The molecule has 0 spiro atoms. The second-order valence-corrected chi connectivity index (χ2v) is 7.64.